The SMILES string of the molecule is CCOc1cc(C)nc(NCC2CCOC2C)n1. The lowest BCUT2D eigenvalue weighted by atomic mass is 10.0. The molecular formula is C13H21N3O2. The predicted molar refractivity (Wildman–Crippen MR) is 69.9 cm³/mol. The van der Waals surface area contributed by atoms with Gasteiger partial charge in [0, 0.05) is 30.8 Å². The van der Waals surface area contributed by atoms with Crippen molar-refractivity contribution < 1.29 is 9.47 Å². The minimum atomic E-state index is 0.314. The van der Waals surface area contributed by atoms with Gasteiger partial charge in [-0.3, -0.25) is 0 Å². The molecule has 1 aromatic rings. The highest BCUT2D eigenvalue weighted by Crippen LogP contribution is 2.21. The van der Waals surface area contributed by atoms with Crippen molar-refractivity contribution in [3.63, 3.8) is 0 Å². The molecule has 2 rings (SSSR count). The van der Waals surface area contributed by atoms with Crippen LogP contribution in [0.3, 0.4) is 0 Å². The Hall–Kier alpha value is -1.36. The number of aryl methyl sites for hydroxylation is 1. The fraction of sp³-hybridized carbons (Fsp3) is 0.692. The summed E-state index contributed by atoms with van der Waals surface area (Å²) in [6.07, 6.45) is 1.41. The molecule has 100 valence electrons. The highest BCUT2D eigenvalue weighted by atomic mass is 16.5. The summed E-state index contributed by atoms with van der Waals surface area (Å²) in [4.78, 5) is 8.68. The third-order valence-corrected chi connectivity index (χ3v) is 3.18. The average Bonchev–Trinajstić information content (AvgIpc) is 2.72. The average molecular weight is 251 g/mol. The van der Waals surface area contributed by atoms with E-state index in [0.29, 0.717) is 30.5 Å². The van der Waals surface area contributed by atoms with Gasteiger partial charge in [0.05, 0.1) is 12.7 Å². The van der Waals surface area contributed by atoms with Crippen LogP contribution in [0.15, 0.2) is 6.07 Å². The zero-order valence-corrected chi connectivity index (χ0v) is 11.3. The van der Waals surface area contributed by atoms with Crippen molar-refractivity contribution in [1.82, 2.24) is 9.97 Å². The van der Waals surface area contributed by atoms with Gasteiger partial charge in [-0.2, -0.15) is 4.98 Å². The number of aromatic nitrogens is 2. The maximum atomic E-state index is 5.53. The van der Waals surface area contributed by atoms with Crippen LogP contribution in [-0.4, -0.2) is 35.8 Å². The Morgan fingerprint density at radius 3 is 3.00 bits per heavy atom. The first-order chi connectivity index (χ1) is 8.69. The third kappa shape index (κ3) is 3.32. The molecular weight excluding hydrogens is 230 g/mol. The summed E-state index contributed by atoms with van der Waals surface area (Å²) in [5.41, 5.74) is 0.909. The van der Waals surface area contributed by atoms with Crippen LogP contribution >= 0.6 is 0 Å². The van der Waals surface area contributed by atoms with E-state index in [0.717, 1.165) is 25.3 Å². The highest BCUT2D eigenvalue weighted by molar-refractivity contribution is 5.30. The summed E-state index contributed by atoms with van der Waals surface area (Å²) < 4.78 is 10.9. The van der Waals surface area contributed by atoms with Gasteiger partial charge in [-0.05, 0) is 27.2 Å². The van der Waals surface area contributed by atoms with Crippen LogP contribution in [0, 0.1) is 12.8 Å². The normalized spacial score (nSPS) is 23.1. The van der Waals surface area contributed by atoms with Crippen LogP contribution < -0.4 is 10.1 Å². The monoisotopic (exact) mass is 251 g/mol. The number of hydrogen-bond acceptors (Lipinski definition) is 5. The van der Waals surface area contributed by atoms with E-state index >= 15 is 0 Å². The molecule has 5 heteroatoms. The number of ether oxygens (including phenoxy) is 2. The van der Waals surface area contributed by atoms with Crippen LogP contribution in [-0.2, 0) is 4.74 Å². The van der Waals surface area contributed by atoms with E-state index in [1.807, 2.05) is 19.9 Å². The Morgan fingerprint density at radius 2 is 2.33 bits per heavy atom. The van der Waals surface area contributed by atoms with Gasteiger partial charge in [-0.1, -0.05) is 0 Å². The van der Waals surface area contributed by atoms with Crippen LogP contribution in [0.25, 0.3) is 0 Å². The van der Waals surface area contributed by atoms with Gasteiger partial charge in [0.2, 0.25) is 11.8 Å². The summed E-state index contributed by atoms with van der Waals surface area (Å²) in [6.45, 7) is 8.31. The molecule has 0 radical (unpaired) electrons. The Bertz CT molecular complexity index is 398. The smallest absolute Gasteiger partial charge is 0.226 e. The zero-order chi connectivity index (χ0) is 13.0. The molecule has 0 bridgehead atoms. The van der Waals surface area contributed by atoms with E-state index < -0.39 is 0 Å². The molecule has 2 heterocycles. The van der Waals surface area contributed by atoms with Gasteiger partial charge < -0.3 is 14.8 Å². The van der Waals surface area contributed by atoms with Crippen molar-refractivity contribution in [3.05, 3.63) is 11.8 Å². The lowest BCUT2D eigenvalue weighted by Crippen LogP contribution is -2.21. The largest absolute Gasteiger partial charge is 0.478 e. The molecule has 1 aliphatic rings. The van der Waals surface area contributed by atoms with Gasteiger partial charge in [0.15, 0.2) is 0 Å². The summed E-state index contributed by atoms with van der Waals surface area (Å²) in [5, 5.41) is 3.27. The van der Waals surface area contributed by atoms with Crippen molar-refractivity contribution in [2.24, 2.45) is 5.92 Å². The quantitative estimate of drug-likeness (QED) is 0.867. The van der Waals surface area contributed by atoms with E-state index in [1.54, 1.807) is 0 Å². The molecule has 1 N–H and O–H groups in total. The van der Waals surface area contributed by atoms with E-state index in [4.69, 9.17) is 9.47 Å². The number of anilines is 1. The predicted octanol–water partition coefficient (Wildman–Crippen LogP) is 2.02. The maximum absolute atomic E-state index is 5.53. The zero-order valence-electron chi connectivity index (χ0n) is 11.3. The number of rotatable bonds is 5. The molecule has 1 saturated heterocycles. The Labute approximate surface area is 108 Å². The van der Waals surface area contributed by atoms with Crippen LogP contribution in [0.5, 0.6) is 5.88 Å². The van der Waals surface area contributed by atoms with Gasteiger partial charge in [-0.25, -0.2) is 4.98 Å². The molecule has 0 spiro atoms. The molecule has 1 aromatic heterocycles. The van der Waals surface area contributed by atoms with Crippen molar-refractivity contribution >= 4 is 5.95 Å². The minimum absolute atomic E-state index is 0.314. The second-order valence-electron chi connectivity index (χ2n) is 4.61. The Morgan fingerprint density at radius 1 is 1.50 bits per heavy atom. The van der Waals surface area contributed by atoms with E-state index in [9.17, 15) is 0 Å². The summed E-state index contributed by atoms with van der Waals surface area (Å²) in [5.74, 6) is 1.80. The molecule has 2 unspecified atom stereocenters. The summed E-state index contributed by atoms with van der Waals surface area (Å²) in [6, 6.07) is 1.84. The molecule has 2 atom stereocenters. The molecule has 1 fully saturated rings. The minimum Gasteiger partial charge on any atom is -0.478 e. The summed E-state index contributed by atoms with van der Waals surface area (Å²) >= 11 is 0. The standard InChI is InChI=1S/C13H21N3O2/c1-4-17-12-7-9(2)15-13(16-12)14-8-11-5-6-18-10(11)3/h7,10-11H,4-6,8H2,1-3H3,(H,14,15,16). The topological polar surface area (TPSA) is 56.3 Å². The lowest BCUT2D eigenvalue weighted by molar-refractivity contribution is 0.108. The van der Waals surface area contributed by atoms with Crippen molar-refractivity contribution in [2.45, 2.75) is 33.3 Å². The molecule has 0 amide bonds. The van der Waals surface area contributed by atoms with Crippen LogP contribution in [0.2, 0.25) is 0 Å². The van der Waals surface area contributed by atoms with Crippen LogP contribution in [0.1, 0.15) is 26.0 Å². The molecule has 1 aliphatic heterocycles. The Kier molecular flexibility index (Phi) is 4.36. The van der Waals surface area contributed by atoms with E-state index in [1.165, 1.54) is 0 Å². The van der Waals surface area contributed by atoms with E-state index in [-0.39, 0.29) is 0 Å². The fourth-order valence-electron chi connectivity index (χ4n) is 2.11. The van der Waals surface area contributed by atoms with Crippen molar-refractivity contribution in [3.8, 4) is 5.88 Å². The number of nitrogens with zero attached hydrogens (tertiary/aromatic N) is 2. The molecule has 5 nitrogen and oxygen atoms in total. The summed E-state index contributed by atoms with van der Waals surface area (Å²) in [7, 11) is 0. The third-order valence-electron chi connectivity index (χ3n) is 3.18. The maximum Gasteiger partial charge on any atom is 0.226 e. The number of hydrogen-bond donors (Lipinski definition) is 1. The van der Waals surface area contributed by atoms with Crippen LogP contribution in [0.4, 0.5) is 5.95 Å². The fourth-order valence-corrected chi connectivity index (χ4v) is 2.11. The van der Waals surface area contributed by atoms with Gasteiger partial charge >= 0.3 is 0 Å². The molecule has 0 aromatic carbocycles. The molecule has 18 heavy (non-hydrogen) atoms. The Balaban J connectivity index is 1.95. The first-order valence-corrected chi connectivity index (χ1v) is 6.53. The van der Waals surface area contributed by atoms with Gasteiger partial charge in [-0.15, -0.1) is 0 Å². The van der Waals surface area contributed by atoms with Gasteiger partial charge in [0.25, 0.3) is 0 Å². The van der Waals surface area contributed by atoms with Crippen molar-refractivity contribution in [2.75, 3.05) is 25.1 Å². The second kappa shape index (κ2) is 6.00. The van der Waals surface area contributed by atoms with Gasteiger partial charge in [0.1, 0.15) is 0 Å². The van der Waals surface area contributed by atoms with E-state index in [2.05, 4.69) is 22.2 Å². The first-order valence-electron chi connectivity index (χ1n) is 6.53. The second-order valence-corrected chi connectivity index (χ2v) is 4.61. The molecule has 0 saturated carbocycles. The number of nitrogens with one attached hydrogen (secondary N) is 1. The highest BCUT2D eigenvalue weighted by Gasteiger charge is 2.24. The van der Waals surface area contributed by atoms with Crippen molar-refractivity contribution in [1.29, 1.82) is 0 Å². The lowest BCUT2D eigenvalue weighted by Gasteiger charge is -2.15. The molecule has 0 aliphatic carbocycles. The first kappa shape index (κ1) is 13.1.